The van der Waals surface area contributed by atoms with Crippen LogP contribution in [0.25, 0.3) is 11.4 Å². The summed E-state index contributed by atoms with van der Waals surface area (Å²) >= 11 is 5.86. The van der Waals surface area contributed by atoms with Crippen molar-refractivity contribution in [2.75, 3.05) is 6.61 Å². The fraction of sp³-hybridized carbons (Fsp3) is 0.176. The van der Waals surface area contributed by atoms with Crippen molar-refractivity contribution in [3.8, 4) is 17.1 Å². The number of rotatable bonds is 5. The van der Waals surface area contributed by atoms with E-state index in [2.05, 4.69) is 10.1 Å². The predicted molar refractivity (Wildman–Crippen MR) is 87.1 cm³/mol. The molecule has 4 nitrogen and oxygen atoms in total. The van der Waals surface area contributed by atoms with Gasteiger partial charge in [-0.3, -0.25) is 0 Å². The summed E-state index contributed by atoms with van der Waals surface area (Å²) in [5, 5.41) is 5.14. The second kappa shape index (κ2) is 6.62. The molecule has 3 rings (SSSR count). The van der Waals surface area contributed by atoms with Crippen molar-refractivity contribution in [2.45, 2.75) is 13.5 Å². The highest BCUT2D eigenvalue weighted by Crippen LogP contribution is 2.18. The highest BCUT2D eigenvalue weighted by atomic mass is 35.5. The Bertz CT molecular complexity index is 738. The zero-order valence-electron chi connectivity index (χ0n) is 12.2. The first-order valence-electron chi connectivity index (χ1n) is 7.07. The lowest BCUT2D eigenvalue weighted by molar-refractivity contribution is 0.292. The molecule has 0 aliphatic heterocycles. The second-order valence-electron chi connectivity index (χ2n) is 4.87. The summed E-state index contributed by atoms with van der Waals surface area (Å²) in [6, 6.07) is 17.4. The first-order valence-corrected chi connectivity index (χ1v) is 7.45. The Kier molecular flexibility index (Phi) is 4.39. The molecule has 112 valence electrons. The topological polar surface area (TPSA) is 39.9 Å². The molecule has 0 radical (unpaired) electrons. The van der Waals surface area contributed by atoms with E-state index in [4.69, 9.17) is 16.3 Å². The molecule has 0 aliphatic rings. The number of ether oxygens (including phenoxy) is 1. The fourth-order valence-electron chi connectivity index (χ4n) is 2.19. The Morgan fingerprint density at radius 3 is 2.50 bits per heavy atom. The zero-order valence-corrected chi connectivity index (χ0v) is 13.0. The van der Waals surface area contributed by atoms with Crippen LogP contribution in [0.2, 0.25) is 5.02 Å². The lowest BCUT2D eigenvalue weighted by atomic mass is 10.2. The van der Waals surface area contributed by atoms with Gasteiger partial charge >= 0.3 is 0 Å². The molecular weight excluding hydrogens is 298 g/mol. The molecule has 0 N–H and O–H groups in total. The molecular formula is C17H16ClN3O. The van der Waals surface area contributed by atoms with Gasteiger partial charge in [0.25, 0.3) is 0 Å². The van der Waals surface area contributed by atoms with Gasteiger partial charge in [-0.1, -0.05) is 41.9 Å². The molecule has 0 unspecified atom stereocenters. The lowest BCUT2D eigenvalue weighted by Gasteiger charge is -2.08. The van der Waals surface area contributed by atoms with Gasteiger partial charge < -0.3 is 4.74 Å². The molecule has 0 aliphatic carbocycles. The van der Waals surface area contributed by atoms with Gasteiger partial charge in [-0.15, -0.1) is 0 Å². The SMILES string of the molecule is Cc1nc(-c2ccccc2)n(CCOc2ccc(Cl)cc2)n1. The Morgan fingerprint density at radius 1 is 1.05 bits per heavy atom. The van der Waals surface area contributed by atoms with Crippen molar-refractivity contribution >= 4 is 11.6 Å². The highest BCUT2D eigenvalue weighted by Gasteiger charge is 2.09. The van der Waals surface area contributed by atoms with Crippen LogP contribution in [0.3, 0.4) is 0 Å². The molecule has 1 heterocycles. The third-order valence-electron chi connectivity index (χ3n) is 3.20. The van der Waals surface area contributed by atoms with Gasteiger partial charge in [0.2, 0.25) is 0 Å². The van der Waals surface area contributed by atoms with Crippen molar-refractivity contribution in [3.63, 3.8) is 0 Å². The minimum atomic E-state index is 0.518. The van der Waals surface area contributed by atoms with E-state index in [1.54, 1.807) is 0 Å². The van der Waals surface area contributed by atoms with Crippen LogP contribution in [0.4, 0.5) is 0 Å². The highest BCUT2D eigenvalue weighted by molar-refractivity contribution is 6.30. The molecule has 0 spiro atoms. The predicted octanol–water partition coefficient (Wildman–Crippen LogP) is 3.99. The summed E-state index contributed by atoms with van der Waals surface area (Å²) < 4.78 is 7.59. The standard InChI is InChI=1S/C17H16ClN3O/c1-13-19-17(14-5-3-2-4-6-14)21(20-13)11-12-22-16-9-7-15(18)8-10-16/h2-10H,11-12H2,1H3. The fourth-order valence-corrected chi connectivity index (χ4v) is 2.32. The molecule has 0 fully saturated rings. The average molecular weight is 314 g/mol. The van der Waals surface area contributed by atoms with Crippen LogP contribution in [0.5, 0.6) is 5.75 Å². The van der Waals surface area contributed by atoms with Gasteiger partial charge in [0, 0.05) is 10.6 Å². The molecule has 0 amide bonds. The van der Waals surface area contributed by atoms with Crippen molar-refractivity contribution in [1.82, 2.24) is 14.8 Å². The van der Waals surface area contributed by atoms with E-state index in [9.17, 15) is 0 Å². The Hall–Kier alpha value is -2.33. The normalized spacial score (nSPS) is 10.6. The van der Waals surface area contributed by atoms with Crippen molar-refractivity contribution < 1.29 is 4.74 Å². The maximum absolute atomic E-state index is 5.86. The summed E-state index contributed by atoms with van der Waals surface area (Å²) in [6.07, 6.45) is 0. The van der Waals surface area contributed by atoms with Crippen LogP contribution in [-0.2, 0) is 6.54 Å². The molecule has 0 saturated carbocycles. The van der Waals surface area contributed by atoms with Gasteiger partial charge in [-0.2, -0.15) is 5.10 Å². The maximum atomic E-state index is 5.86. The number of nitrogens with zero attached hydrogens (tertiary/aromatic N) is 3. The van der Waals surface area contributed by atoms with E-state index in [-0.39, 0.29) is 0 Å². The quantitative estimate of drug-likeness (QED) is 0.715. The lowest BCUT2D eigenvalue weighted by Crippen LogP contribution is -2.11. The molecule has 2 aromatic carbocycles. The largest absolute Gasteiger partial charge is 0.492 e. The van der Waals surface area contributed by atoms with E-state index in [1.807, 2.05) is 66.2 Å². The number of halogens is 1. The van der Waals surface area contributed by atoms with Crippen LogP contribution < -0.4 is 4.74 Å². The van der Waals surface area contributed by atoms with Crippen LogP contribution in [0, 0.1) is 6.92 Å². The smallest absolute Gasteiger partial charge is 0.158 e. The number of benzene rings is 2. The third-order valence-corrected chi connectivity index (χ3v) is 3.45. The van der Waals surface area contributed by atoms with E-state index < -0.39 is 0 Å². The zero-order chi connectivity index (χ0) is 15.4. The van der Waals surface area contributed by atoms with E-state index in [0.717, 1.165) is 23.0 Å². The Balaban J connectivity index is 1.69. The van der Waals surface area contributed by atoms with Gasteiger partial charge in [0.15, 0.2) is 5.82 Å². The Morgan fingerprint density at radius 2 is 1.77 bits per heavy atom. The monoisotopic (exact) mass is 313 g/mol. The minimum absolute atomic E-state index is 0.518. The first kappa shape index (κ1) is 14.6. The van der Waals surface area contributed by atoms with Crippen LogP contribution >= 0.6 is 11.6 Å². The number of aromatic nitrogens is 3. The molecule has 3 aromatic rings. The number of aryl methyl sites for hydroxylation is 1. The average Bonchev–Trinajstić information content (AvgIpc) is 2.91. The molecule has 22 heavy (non-hydrogen) atoms. The maximum Gasteiger partial charge on any atom is 0.158 e. The summed E-state index contributed by atoms with van der Waals surface area (Å²) in [5.41, 5.74) is 1.05. The summed E-state index contributed by atoms with van der Waals surface area (Å²) in [5.74, 6) is 2.41. The first-order chi connectivity index (χ1) is 10.7. The molecule has 0 saturated heterocycles. The molecule has 5 heteroatoms. The number of hydrogen-bond acceptors (Lipinski definition) is 3. The van der Waals surface area contributed by atoms with E-state index in [1.165, 1.54) is 0 Å². The van der Waals surface area contributed by atoms with E-state index >= 15 is 0 Å². The minimum Gasteiger partial charge on any atom is -0.492 e. The Labute approximate surface area is 134 Å². The molecule has 0 atom stereocenters. The summed E-state index contributed by atoms with van der Waals surface area (Å²) in [4.78, 5) is 4.50. The van der Waals surface area contributed by atoms with Gasteiger partial charge in [0.05, 0.1) is 6.54 Å². The number of hydrogen-bond donors (Lipinski definition) is 0. The second-order valence-corrected chi connectivity index (χ2v) is 5.31. The summed E-state index contributed by atoms with van der Waals surface area (Å²) in [7, 11) is 0. The van der Waals surface area contributed by atoms with Crippen LogP contribution in [-0.4, -0.2) is 21.4 Å². The van der Waals surface area contributed by atoms with Crippen LogP contribution in [0.15, 0.2) is 54.6 Å². The van der Waals surface area contributed by atoms with Crippen molar-refractivity contribution in [2.24, 2.45) is 0 Å². The third kappa shape index (κ3) is 3.46. The molecule has 0 bridgehead atoms. The summed E-state index contributed by atoms with van der Waals surface area (Å²) in [6.45, 7) is 3.04. The molecule has 1 aromatic heterocycles. The van der Waals surface area contributed by atoms with Crippen LogP contribution in [0.1, 0.15) is 5.82 Å². The van der Waals surface area contributed by atoms with Gasteiger partial charge in [-0.25, -0.2) is 9.67 Å². The van der Waals surface area contributed by atoms with Gasteiger partial charge in [0.1, 0.15) is 18.2 Å². The van der Waals surface area contributed by atoms with Crippen molar-refractivity contribution in [3.05, 3.63) is 65.4 Å². The van der Waals surface area contributed by atoms with Gasteiger partial charge in [-0.05, 0) is 31.2 Å². The van der Waals surface area contributed by atoms with E-state index in [0.29, 0.717) is 18.2 Å². The van der Waals surface area contributed by atoms with Crippen molar-refractivity contribution in [1.29, 1.82) is 0 Å².